The van der Waals surface area contributed by atoms with Crippen molar-refractivity contribution in [3.05, 3.63) is 51.8 Å². The van der Waals surface area contributed by atoms with E-state index in [1.165, 1.54) is 0 Å². The van der Waals surface area contributed by atoms with Gasteiger partial charge in [0.15, 0.2) is 0 Å². The molecule has 0 aliphatic heterocycles. The van der Waals surface area contributed by atoms with E-state index in [1.807, 2.05) is 13.0 Å². The molecule has 0 unspecified atom stereocenters. The fourth-order valence-corrected chi connectivity index (χ4v) is 3.68. The molecule has 0 fully saturated rings. The Morgan fingerprint density at radius 2 is 1.80 bits per heavy atom. The predicted molar refractivity (Wildman–Crippen MR) is 83.4 cm³/mol. The number of nitrogens with zero attached hydrogens (tertiary/aromatic N) is 1. The van der Waals surface area contributed by atoms with E-state index in [0.717, 1.165) is 11.1 Å². The second-order valence-corrected chi connectivity index (χ2v) is 7.10. The third-order valence-electron chi connectivity index (χ3n) is 2.92. The van der Waals surface area contributed by atoms with Gasteiger partial charge in [0.25, 0.3) is 10.0 Å². The smallest absolute Gasteiger partial charge is 0.262 e. The van der Waals surface area contributed by atoms with Crippen molar-refractivity contribution in [3.63, 3.8) is 0 Å². The van der Waals surface area contributed by atoms with Crippen LogP contribution in [0.5, 0.6) is 0 Å². The zero-order chi connectivity index (χ0) is 14.9. The average Bonchev–Trinajstić information content (AvgIpc) is 2.32. The van der Waals surface area contributed by atoms with Crippen LogP contribution >= 0.6 is 15.9 Å². The summed E-state index contributed by atoms with van der Waals surface area (Å²) in [6.45, 7) is 5.47. The number of pyridine rings is 1. The van der Waals surface area contributed by atoms with Crippen molar-refractivity contribution in [2.75, 3.05) is 4.72 Å². The lowest BCUT2D eigenvalue weighted by atomic mass is 10.2. The molecule has 0 saturated heterocycles. The van der Waals surface area contributed by atoms with Crippen LogP contribution < -0.4 is 4.72 Å². The second kappa shape index (κ2) is 5.54. The van der Waals surface area contributed by atoms with E-state index in [0.29, 0.717) is 16.0 Å². The summed E-state index contributed by atoms with van der Waals surface area (Å²) in [6, 6.07) is 8.64. The number of aryl methyl sites for hydroxylation is 3. The molecule has 0 bridgehead atoms. The van der Waals surface area contributed by atoms with Crippen molar-refractivity contribution in [1.82, 2.24) is 4.98 Å². The molecule has 0 aliphatic rings. The molecule has 0 saturated carbocycles. The molecule has 0 aliphatic carbocycles. The van der Waals surface area contributed by atoms with Gasteiger partial charge in [-0.2, -0.15) is 0 Å². The largest absolute Gasteiger partial charge is 0.278 e. The summed E-state index contributed by atoms with van der Waals surface area (Å²) >= 11 is 3.25. The summed E-state index contributed by atoms with van der Waals surface area (Å²) in [5.74, 6) is 0. The van der Waals surface area contributed by atoms with E-state index < -0.39 is 10.0 Å². The summed E-state index contributed by atoms with van der Waals surface area (Å²) in [7, 11) is -3.60. The molecule has 2 aromatic rings. The molecular formula is C14H15BrN2O2S. The highest BCUT2D eigenvalue weighted by Gasteiger charge is 2.18. The molecule has 0 amide bonds. The Labute approximate surface area is 127 Å². The van der Waals surface area contributed by atoms with Crippen LogP contribution in [-0.2, 0) is 10.0 Å². The number of anilines is 1. The maximum atomic E-state index is 12.4. The molecule has 106 valence electrons. The maximum Gasteiger partial charge on any atom is 0.262 e. The minimum absolute atomic E-state index is 0.283. The molecule has 0 radical (unpaired) electrons. The summed E-state index contributed by atoms with van der Waals surface area (Å²) < 4.78 is 28.1. The van der Waals surface area contributed by atoms with Crippen molar-refractivity contribution in [2.45, 2.75) is 25.7 Å². The van der Waals surface area contributed by atoms with E-state index in [2.05, 4.69) is 25.6 Å². The molecular weight excluding hydrogens is 340 g/mol. The Morgan fingerprint density at radius 1 is 1.10 bits per heavy atom. The maximum absolute atomic E-state index is 12.4. The molecule has 2 rings (SSSR count). The standard InChI is InChI=1S/C14H15BrN2O2S/c1-9-4-6-13(10(2)8-9)20(18,19)17-12-5-7-14(15)16-11(12)3/h4-8,17H,1-3H3. The van der Waals surface area contributed by atoms with E-state index in [-0.39, 0.29) is 4.90 Å². The zero-order valence-corrected chi connectivity index (χ0v) is 13.8. The van der Waals surface area contributed by atoms with Gasteiger partial charge in [-0.1, -0.05) is 17.7 Å². The van der Waals surface area contributed by atoms with Crippen molar-refractivity contribution in [1.29, 1.82) is 0 Å². The first-order chi connectivity index (χ1) is 9.29. The average molecular weight is 355 g/mol. The molecule has 1 aromatic carbocycles. The minimum Gasteiger partial charge on any atom is -0.278 e. The van der Waals surface area contributed by atoms with Gasteiger partial charge in [-0.3, -0.25) is 4.72 Å². The van der Waals surface area contributed by atoms with E-state index in [1.54, 1.807) is 38.1 Å². The molecule has 1 N–H and O–H groups in total. The van der Waals surface area contributed by atoms with Gasteiger partial charge in [-0.25, -0.2) is 13.4 Å². The number of halogens is 1. The number of rotatable bonds is 3. The van der Waals surface area contributed by atoms with Crippen LogP contribution in [-0.4, -0.2) is 13.4 Å². The first-order valence-corrected chi connectivity index (χ1v) is 8.30. The van der Waals surface area contributed by atoms with Crippen LogP contribution in [0.15, 0.2) is 39.8 Å². The van der Waals surface area contributed by atoms with Gasteiger partial charge in [-0.05, 0) is 60.5 Å². The Kier molecular flexibility index (Phi) is 4.15. The van der Waals surface area contributed by atoms with Gasteiger partial charge < -0.3 is 0 Å². The first-order valence-electron chi connectivity index (χ1n) is 6.03. The van der Waals surface area contributed by atoms with Crippen molar-refractivity contribution >= 4 is 31.6 Å². The monoisotopic (exact) mass is 354 g/mol. The Bertz CT molecular complexity index is 758. The van der Waals surface area contributed by atoms with Crippen LogP contribution in [0.1, 0.15) is 16.8 Å². The molecule has 0 spiro atoms. The summed E-state index contributed by atoms with van der Waals surface area (Å²) in [6.07, 6.45) is 0. The van der Waals surface area contributed by atoms with Crippen LogP contribution in [0.3, 0.4) is 0 Å². The van der Waals surface area contributed by atoms with Crippen molar-refractivity contribution in [2.24, 2.45) is 0 Å². The first kappa shape index (κ1) is 15.0. The fraction of sp³-hybridized carbons (Fsp3) is 0.214. The fourth-order valence-electron chi connectivity index (χ4n) is 1.94. The van der Waals surface area contributed by atoms with Gasteiger partial charge >= 0.3 is 0 Å². The highest BCUT2D eigenvalue weighted by molar-refractivity contribution is 9.10. The molecule has 6 heteroatoms. The lowest BCUT2D eigenvalue weighted by Crippen LogP contribution is -2.15. The molecule has 1 aromatic heterocycles. The third kappa shape index (κ3) is 3.19. The van der Waals surface area contributed by atoms with Crippen LogP contribution in [0.4, 0.5) is 5.69 Å². The molecule has 1 heterocycles. The minimum atomic E-state index is -3.60. The summed E-state index contributed by atoms with van der Waals surface area (Å²) in [5, 5.41) is 0. The summed E-state index contributed by atoms with van der Waals surface area (Å²) in [5.41, 5.74) is 2.85. The van der Waals surface area contributed by atoms with Gasteiger partial charge in [0, 0.05) is 0 Å². The third-order valence-corrected chi connectivity index (χ3v) is 4.88. The highest BCUT2D eigenvalue weighted by atomic mass is 79.9. The highest BCUT2D eigenvalue weighted by Crippen LogP contribution is 2.22. The summed E-state index contributed by atoms with van der Waals surface area (Å²) in [4.78, 5) is 4.46. The van der Waals surface area contributed by atoms with Crippen molar-refractivity contribution in [3.8, 4) is 0 Å². The predicted octanol–water partition coefficient (Wildman–Crippen LogP) is 3.57. The number of hydrogen-bond acceptors (Lipinski definition) is 3. The van der Waals surface area contributed by atoms with Gasteiger partial charge in [-0.15, -0.1) is 0 Å². The van der Waals surface area contributed by atoms with Gasteiger partial charge in [0.1, 0.15) is 4.60 Å². The van der Waals surface area contributed by atoms with Crippen molar-refractivity contribution < 1.29 is 8.42 Å². The Hall–Kier alpha value is -1.40. The number of benzene rings is 1. The molecule has 4 nitrogen and oxygen atoms in total. The number of nitrogens with one attached hydrogen (secondary N) is 1. The zero-order valence-electron chi connectivity index (χ0n) is 11.4. The molecule has 20 heavy (non-hydrogen) atoms. The van der Waals surface area contributed by atoms with E-state index in [4.69, 9.17) is 0 Å². The van der Waals surface area contributed by atoms with Gasteiger partial charge in [0.2, 0.25) is 0 Å². The van der Waals surface area contributed by atoms with Crippen LogP contribution in [0.2, 0.25) is 0 Å². The van der Waals surface area contributed by atoms with Crippen LogP contribution in [0.25, 0.3) is 0 Å². The van der Waals surface area contributed by atoms with Gasteiger partial charge in [0.05, 0.1) is 16.3 Å². The lowest BCUT2D eigenvalue weighted by molar-refractivity contribution is 0.600. The quantitative estimate of drug-likeness (QED) is 0.857. The molecule has 0 atom stereocenters. The second-order valence-electron chi connectivity index (χ2n) is 4.64. The normalized spacial score (nSPS) is 11.4. The van der Waals surface area contributed by atoms with E-state index >= 15 is 0 Å². The lowest BCUT2D eigenvalue weighted by Gasteiger charge is -2.12. The van der Waals surface area contributed by atoms with Crippen LogP contribution in [0, 0.1) is 20.8 Å². The Balaban J connectivity index is 2.41. The number of sulfonamides is 1. The number of hydrogen-bond donors (Lipinski definition) is 1. The Morgan fingerprint density at radius 3 is 2.40 bits per heavy atom. The number of aromatic nitrogens is 1. The van der Waals surface area contributed by atoms with E-state index in [9.17, 15) is 8.42 Å². The SMILES string of the molecule is Cc1ccc(S(=O)(=O)Nc2ccc(Br)nc2C)c(C)c1. The topological polar surface area (TPSA) is 59.1 Å².